The number of nitrogens with one attached hydrogen (secondary N) is 2. The lowest BCUT2D eigenvalue weighted by Gasteiger charge is -2.04. The van der Waals surface area contributed by atoms with Crippen molar-refractivity contribution in [1.82, 2.24) is 4.98 Å². The molecule has 0 spiro atoms. The van der Waals surface area contributed by atoms with Crippen molar-refractivity contribution in [3.8, 4) is 5.75 Å². The van der Waals surface area contributed by atoms with Crippen molar-refractivity contribution < 1.29 is 5.11 Å². The van der Waals surface area contributed by atoms with E-state index in [-0.39, 0.29) is 5.75 Å². The summed E-state index contributed by atoms with van der Waals surface area (Å²) >= 11 is 0. The summed E-state index contributed by atoms with van der Waals surface area (Å²) in [5.74, 6) is 0.276. The summed E-state index contributed by atoms with van der Waals surface area (Å²) in [6, 6.07) is 9.03. The number of anilines is 1. The van der Waals surface area contributed by atoms with E-state index in [0.29, 0.717) is 6.54 Å². The van der Waals surface area contributed by atoms with E-state index in [2.05, 4.69) is 10.3 Å². The fourth-order valence-electron chi connectivity index (χ4n) is 1.50. The molecule has 0 atom stereocenters. The topological polar surface area (TPSA) is 74.1 Å². The smallest absolute Gasteiger partial charge is 0.115 e. The van der Waals surface area contributed by atoms with Crippen molar-refractivity contribution in [1.29, 1.82) is 0 Å². The molecule has 5 N–H and O–H groups in total. The Bertz CT molecular complexity index is 448. The fraction of sp³-hybridized carbons (Fsp3) is 0.167. The van der Waals surface area contributed by atoms with E-state index in [0.717, 1.165) is 23.5 Å². The zero-order valence-electron chi connectivity index (χ0n) is 8.90. The standard InChI is InChI=1S/C12H15N3O/c13-6-11-5-9(8-15-11)7-14-10-1-3-12(16)4-2-10/h1-5,8,14-16H,6-7,13H2. The van der Waals surface area contributed by atoms with Crippen LogP contribution in [0.5, 0.6) is 5.75 Å². The van der Waals surface area contributed by atoms with Gasteiger partial charge < -0.3 is 21.1 Å². The molecular formula is C12H15N3O. The third kappa shape index (κ3) is 2.55. The lowest BCUT2D eigenvalue weighted by molar-refractivity contribution is 0.475. The fourth-order valence-corrected chi connectivity index (χ4v) is 1.50. The van der Waals surface area contributed by atoms with E-state index in [4.69, 9.17) is 10.8 Å². The van der Waals surface area contributed by atoms with Crippen LogP contribution in [0.1, 0.15) is 11.3 Å². The third-order valence-electron chi connectivity index (χ3n) is 2.39. The van der Waals surface area contributed by atoms with Crippen molar-refractivity contribution in [2.75, 3.05) is 5.32 Å². The highest BCUT2D eigenvalue weighted by molar-refractivity contribution is 5.46. The first-order chi connectivity index (χ1) is 7.78. The number of aromatic amines is 1. The SMILES string of the molecule is NCc1cc(CNc2ccc(O)cc2)c[nH]1. The number of nitrogens with two attached hydrogens (primary N) is 1. The largest absolute Gasteiger partial charge is 0.508 e. The van der Waals surface area contributed by atoms with Crippen LogP contribution in [0.4, 0.5) is 5.69 Å². The van der Waals surface area contributed by atoms with Crippen LogP contribution in [0, 0.1) is 0 Å². The van der Waals surface area contributed by atoms with Crippen LogP contribution in [-0.2, 0) is 13.1 Å². The van der Waals surface area contributed by atoms with Gasteiger partial charge in [0.15, 0.2) is 0 Å². The molecule has 16 heavy (non-hydrogen) atoms. The number of H-pyrrole nitrogens is 1. The third-order valence-corrected chi connectivity index (χ3v) is 2.39. The highest BCUT2D eigenvalue weighted by Gasteiger charge is 1.97. The molecule has 1 heterocycles. The number of phenolic OH excluding ortho intramolecular Hbond substituents is 1. The van der Waals surface area contributed by atoms with E-state index in [9.17, 15) is 0 Å². The molecule has 0 amide bonds. The Kier molecular flexibility index (Phi) is 3.12. The number of hydrogen-bond acceptors (Lipinski definition) is 3. The van der Waals surface area contributed by atoms with E-state index in [1.807, 2.05) is 24.4 Å². The maximum absolute atomic E-state index is 9.13. The van der Waals surface area contributed by atoms with Crippen LogP contribution < -0.4 is 11.1 Å². The number of benzene rings is 1. The molecule has 0 unspecified atom stereocenters. The predicted molar refractivity (Wildman–Crippen MR) is 64.1 cm³/mol. The van der Waals surface area contributed by atoms with E-state index < -0.39 is 0 Å². The highest BCUT2D eigenvalue weighted by Crippen LogP contribution is 2.14. The van der Waals surface area contributed by atoms with Gasteiger partial charge in [-0.2, -0.15) is 0 Å². The van der Waals surface area contributed by atoms with Crippen molar-refractivity contribution in [3.63, 3.8) is 0 Å². The first kappa shape index (κ1) is 10.6. The minimum atomic E-state index is 0.276. The molecule has 0 aliphatic rings. The lowest BCUT2D eigenvalue weighted by Crippen LogP contribution is -1.98. The molecule has 2 rings (SSSR count). The Labute approximate surface area is 94.1 Å². The van der Waals surface area contributed by atoms with Crippen molar-refractivity contribution >= 4 is 5.69 Å². The lowest BCUT2D eigenvalue weighted by atomic mass is 10.2. The Morgan fingerprint density at radius 1 is 1.25 bits per heavy atom. The van der Waals surface area contributed by atoms with Gasteiger partial charge in [-0.1, -0.05) is 0 Å². The molecule has 0 fully saturated rings. The molecule has 0 radical (unpaired) electrons. The Hall–Kier alpha value is -1.94. The van der Waals surface area contributed by atoms with Gasteiger partial charge in [-0.3, -0.25) is 0 Å². The first-order valence-corrected chi connectivity index (χ1v) is 5.17. The Balaban J connectivity index is 1.94. The minimum absolute atomic E-state index is 0.276. The van der Waals surface area contributed by atoms with Crippen molar-refractivity contribution in [3.05, 3.63) is 47.8 Å². The van der Waals surface area contributed by atoms with Gasteiger partial charge in [-0.25, -0.2) is 0 Å². The number of aromatic hydroxyl groups is 1. The van der Waals surface area contributed by atoms with Crippen molar-refractivity contribution in [2.24, 2.45) is 5.73 Å². The van der Waals surface area contributed by atoms with Gasteiger partial charge in [0.25, 0.3) is 0 Å². The van der Waals surface area contributed by atoms with Gasteiger partial charge >= 0.3 is 0 Å². The zero-order valence-corrected chi connectivity index (χ0v) is 8.90. The van der Waals surface area contributed by atoms with Gasteiger partial charge in [-0.05, 0) is 35.9 Å². The second kappa shape index (κ2) is 4.72. The van der Waals surface area contributed by atoms with Crippen LogP contribution >= 0.6 is 0 Å². The van der Waals surface area contributed by atoms with Gasteiger partial charge in [0.2, 0.25) is 0 Å². The predicted octanol–water partition coefficient (Wildman–Crippen LogP) is 1.79. The summed E-state index contributed by atoms with van der Waals surface area (Å²) in [6.07, 6.45) is 1.94. The molecular weight excluding hydrogens is 202 g/mol. The number of aromatic nitrogens is 1. The van der Waals surface area contributed by atoms with Crippen LogP contribution in [0.2, 0.25) is 0 Å². The van der Waals surface area contributed by atoms with Gasteiger partial charge in [0.1, 0.15) is 5.75 Å². The quantitative estimate of drug-likeness (QED) is 0.590. The minimum Gasteiger partial charge on any atom is -0.508 e. The molecule has 0 saturated carbocycles. The molecule has 4 nitrogen and oxygen atoms in total. The number of hydrogen-bond donors (Lipinski definition) is 4. The van der Waals surface area contributed by atoms with Gasteiger partial charge in [0.05, 0.1) is 0 Å². The van der Waals surface area contributed by atoms with Crippen molar-refractivity contribution in [2.45, 2.75) is 13.1 Å². The second-order valence-corrected chi connectivity index (χ2v) is 3.64. The monoisotopic (exact) mass is 217 g/mol. The van der Waals surface area contributed by atoms with Crippen LogP contribution in [0.15, 0.2) is 36.5 Å². The molecule has 0 aliphatic heterocycles. The summed E-state index contributed by atoms with van der Waals surface area (Å²) in [4.78, 5) is 3.10. The summed E-state index contributed by atoms with van der Waals surface area (Å²) < 4.78 is 0. The average Bonchev–Trinajstić information content (AvgIpc) is 2.76. The molecule has 4 heteroatoms. The maximum atomic E-state index is 9.13. The molecule has 1 aromatic carbocycles. The molecule has 0 aliphatic carbocycles. The molecule has 84 valence electrons. The molecule has 0 bridgehead atoms. The molecule has 0 saturated heterocycles. The summed E-state index contributed by atoms with van der Waals surface area (Å²) in [5.41, 5.74) is 8.68. The first-order valence-electron chi connectivity index (χ1n) is 5.17. The Morgan fingerprint density at radius 2 is 2.00 bits per heavy atom. The summed E-state index contributed by atoms with van der Waals surface area (Å²) in [5, 5.41) is 12.4. The van der Waals surface area contributed by atoms with Gasteiger partial charge in [-0.15, -0.1) is 0 Å². The number of rotatable bonds is 4. The normalized spacial score (nSPS) is 10.3. The van der Waals surface area contributed by atoms with Crippen LogP contribution in [-0.4, -0.2) is 10.1 Å². The van der Waals surface area contributed by atoms with E-state index in [1.54, 1.807) is 12.1 Å². The van der Waals surface area contributed by atoms with Gasteiger partial charge in [0, 0.05) is 30.7 Å². The maximum Gasteiger partial charge on any atom is 0.115 e. The second-order valence-electron chi connectivity index (χ2n) is 3.64. The summed E-state index contributed by atoms with van der Waals surface area (Å²) in [7, 11) is 0. The van der Waals surface area contributed by atoms with Crippen LogP contribution in [0.3, 0.4) is 0 Å². The highest BCUT2D eigenvalue weighted by atomic mass is 16.3. The summed E-state index contributed by atoms with van der Waals surface area (Å²) in [6.45, 7) is 1.26. The van der Waals surface area contributed by atoms with Crippen LogP contribution in [0.25, 0.3) is 0 Å². The number of phenols is 1. The van der Waals surface area contributed by atoms with E-state index in [1.165, 1.54) is 0 Å². The Morgan fingerprint density at radius 3 is 2.62 bits per heavy atom. The zero-order chi connectivity index (χ0) is 11.4. The van der Waals surface area contributed by atoms with E-state index >= 15 is 0 Å². The average molecular weight is 217 g/mol. The molecule has 1 aromatic heterocycles. The molecule has 2 aromatic rings.